The molecule has 48 valence electrons. The van der Waals surface area contributed by atoms with E-state index < -0.39 is 8.03 Å². The summed E-state index contributed by atoms with van der Waals surface area (Å²) in [7, 11) is -1.63. The fraction of sp³-hybridized carbons (Fsp3) is 1.00. The Morgan fingerprint density at radius 2 is 2.00 bits per heavy atom. The molecule has 1 atom stereocenters. The van der Waals surface area contributed by atoms with Crippen molar-refractivity contribution in [1.82, 2.24) is 0 Å². The Morgan fingerprint density at radius 1 is 1.50 bits per heavy atom. The summed E-state index contributed by atoms with van der Waals surface area (Å²) in [4.78, 5) is 0. The molecule has 0 rings (SSSR count). The normalized spacial score (nSPS) is 12.2. The largest absolute Gasteiger partial charge is 0.331 e. The molecule has 0 aliphatic rings. The molecule has 0 N–H and O–H groups in total. The quantitative estimate of drug-likeness (QED) is 0.721. The molecule has 0 aliphatic heterocycles. The van der Waals surface area contributed by atoms with Crippen molar-refractivity contribution >= 4 is 8.03 Å². The second-order valence-corrected chi connectivity index (χ2v) is 2.90. The first kappa shape index (κ1) is 12.3. The van der Waals surface area contributed by atoms with E-state index in [1.54, 1.807) is 0 Å². The van der Waals surface area contributed by atoms with Crippen molar-refractivity contribution in [2.75, 3.05) is 12.8 Å². The maximum Gasteiger partial charge on any atom is 0.191 e. The monoisotopic (exact) mass is 262 g/mol. The van der Waals surface area contributed by atoms with E-state index in [-0.39, 0.29) is 41.7 Å². The third-order valence-corrected chi connectivity index (χ3v) is 1.78. The molecule has 0 spiro atoms. The van der Waals surface area contributed by atoms with Gasteiger partial charge in [-0.3, -0.25) is 4.57 Å². The van der Waals surface area contributed by atoms with E-state index in [0.29, 0.717) is 12.8 Å². The molecule has 1 unspecified atom stereocenters. The van der Waals surface area contributed by atoms with Gasteiger partial charge >= 0.3 is 0 Å². The smallest absolute Gasteiger partial charge is 0.191 e. The molecule has 0 aliphatic carbocycles. The van der Waals surface area contributed by atoms with Crippen molar-refractivity contribution in [2.24, 2.45) is 0 Å². The third kappa shape index (κ3) is 7.57. The zero-order valence-corrected chi connectivity index (χ0v) is 9.37. The van der Waals surface area contributed by atoms with Gasteiger partial charge in [0.05, 0.1) is 6.61 Å². The first-order chi connectivity index (χ1) is 3.31. The van der Waals surface area contributed by atoms with Crippen LogP contribution >= 0.6 is 8.03 Å². The van der Waals surface area contributed by atoms with E-state index in [0.717, 1.165) is 0 Å². The van der Waals surface area contributed by atoms with Crippen LogP contribution in [0.4, 0.5) is 0 Å². The van der Waals surface area contributed by atoms with Gasteiger partial charge in [0.25, 0.3) is 0 Å². The molecule has 0 aromatic carbocycles. The SMILES string of the molecule is CCO[PH](=O)CC.[Ce]. The molecular weight excluding hydrogens is 251 g/mol. The van der Waals surface area contributed by atoms with Crippen molar-refractivity contribution in [3.63, 3.8) is 0 Å². The molecule has 0 aromatic heterocycles. The Balaban J connectivity index is 0. The molecule has 0 saturated heterocycles. The zero-order valence-electron chi connectivity index (χ0n) is 5.23. The molecule has 0 saturated carbocycles. The average Bonchev–Trinajstić information content (AvgIpc) is 1.68. The van der Waals surface area contributed by atoms with Crippen LogP contribution in [-0.4, -0.2) is 12.8 Å². The van der Waals surface area contributed by atoms with Gasteiger partial charge in [-0.15, -0.1) is 0 Å². The minimum Gasteiger partial charge on any atom is -0.331 e. The predicted octanol–water partition coefficient (Wildman–Crippen LogP) is 1.52. The summed E-state index contributed by atoms with van der Waals surface area (Å²) >= 11 is 0. The summed E-state index contributed by atoms with van der Waals surface area (Å²) in [5.74, 6) is 0. The number of hydrogen-bond acceptors (Lipinski definition) is 2. The Hall–Kier alpha value is 1.57. The Bertz CT molecular complexity index is 67.1. The van der Waals surface area contributed by atoms with Gasteiger partial charge < -0.3 is 4.52 Å². The summed E-state index contributed by atoms with van der Waals surface area (Å²) < 4.78 is 15.1. The van der Waals surface area contributed by atoms with Crippen LogP contribution in [0.1, 0.15) is 13.8 Å². The fourth-order valence-electron chi connectivity index (χ4n) is 0.263. The van der Waals surface area contributed by atoms with Gasteiger partial charge in [0.15, 0.2) is 8.03 Å². The van der Waals surface area contributed by atoms with E-state index >= 15 is 0 Å². The molecule has 0 radical (unpaired) electrons. The molecule has 8 heavy (non-hydrogen) atoms. The molecule has 0 aromatic rings. The van der Waals surface area contributed by atoms with Crippen LogP contribution in [0.15, 0.2) is 0 Å². The van der Waals surface area contributed by atoms with Gasteiger partial charge in [-0.1, -0.05) is 6.92 Å². The minimum atomic E-state index is -1.63. The second-order valence-electron chi connectivity index (χ2n) is 1.16. The summed E-state index contributed by atoms with van der Waals surface area (Å²) in [5.41, 5.74) is 0. The van der Waals surface area contributed by atoms with Crippen LogP contribution < -0.4 is 0 Å². The molecule has 2 nitrogen and oxygen atoms in total. The summed E-state index contributed by atoms with van der Waals surface area (Å²) in [6, 6.07) is 0. The first-order valence-corrected chi connectivity index (χ1v) is 3.99. The Kier molecular flexibility index (Phi) is 13.1. The van der Waals surface area contributed by atoms with Gasteiger partial charge in [-0.2, -0.15) is 0 Å². The van der Waals surface area contributed by atoms with E-state index in [4.69, 9.17) is 4.52 Å². The van der Waals surface area contributed by atoms with Gasteiger partial charge in [0.1, 0.15) is 0 Å². The van der Waals surface area contributed by atoms with Crippen LogP contribution in [0.25, 0.3) is 0 Å². The minimum absolute atomic E-state index is 0. The van der Waals surface area contributed by atoms with Gasteiger partial charge in [-0.25, -0.2) is 0 Å². The molecule has 0 amide bonds. The van der Waals surface area contributed by atoms with Crippen LogP contribution in [-0.2, 0) is 9.09 Å². The van der Waals surface area contributed by atoms with E-state index in [1.165, 1.54) is 0 Å². The molecule has 0 bridgehead atoms. The van der Waals surface area contributed by atoms with Crippen LogP contribution in [0.3, 0.4) is 0 Å². The Labute approximate surface area is 84.6 Å². The van der Waals surface area contributed by atoms with E-state index in [9.17, 15) is 4.57 Å². The molecule has 0 fully saturated rings. The van der Waals surface area contributed by atoms with Gasteiger partial charge in [0, 0.05) is 47.9 Å². The zero-order chi connectivity index (χ0) is 5.70. The summed E-state index contributed by atoms with van der Waals surface area (Å²) in [6.45, 7) is 4.28. The van der Waals surface area contributed by atoms with E-state index in [1.807, 2.05) is 13.8 Å². The van der Waals surface area contributed by atoms with Crippen molar-refractivity contribution in [2.45, 2.75) is 13.8 Å². The van der Waals surface area contributed by atoms with Gasteiger partial charge in [-0.05, 0) is 6.92 Å². The Morgan fingerprint density at radius 3 is 2.12 bits per heavy atom. The summed E-state index contributed by atoms with van der Waals surface area (Å²) in [5, 5.41) is 0. The topological polar surface area (TPSA) is 26.3 Å². The van der Waals surface area contributed by atoms with Crippen molar-refractivity contribution in [1.29, 1.82) is 0 Å². The third-order valence-electron chi connectivity index (χ3n) is 0.594. The number of rotatable bonds is 3. The first-order valence-electron chi connectivity index (χ1n) is 2.46. The second kappa shape index (κ2) is 8.57. The van der Waals surface area contributed by atoms with Gasteiger partial charge in [0.2, 0.25) is 0 Å². The van der Waals surface area contributed by atoms with E-state index in [2.05, 4.69) is 0 Å². The van der Waals surface area contributed by atoms with Crippen molar-refractivity contribution in [3.05, 3.63) is 0 Å². The summed E-state index contributed by atoms with van der Waals surface area (Å²) in [6.07, 6.45) is 0.665. The van der Waals surface area contributed by atoms with Crippen molar-refractivity contribution < 1.29 is 50.8 Å². The molecule has 0 heterocycles. The van der Waals surface area contributed by atoms with Crippen LogP contribution in [0.2, 0.25) is 0 Å². The average molecular weight is 262 g/mol. The molecule has 4 heteroatoms. The maximum absolute atomic E-state index is 10.4. The van der Waals surface area contributed by atoms with Crippen LogP contribution in [0, 0.1) is 41.7 Å². The predicted molar refractivity (Wildman–Crippen MR) is 31.2 cm³/mol. The van der Waals surface area contributed by atoms with Crippen molar-refractivity contribution in [3.8, 4) is 0 Å². The fourth-order valence-corrected chi connectivity index (χ4v) is 0.789. The standard InChI is InChI=1S/C4H11O2P.Ce/c1-3-6-7(5)4-2;/h7H,3-4H2,1-2H3;. The van der Waals surface area contributed by atoms with Crippen LogP contribution in [0.5, 0.6) is 0 Å². The molecular formula is C4H11CeO2P. The maximum atomic E-state index is 10.4. The number of hydrogen-bond donors (Lipinski definition) is 0.